The second-order valence-corrected chi connectivity index (χ2v) is 6.55. The van der Waals surface area contributed by atoms with Crippen molar-refractivity contribution in [2.24, 2.45) is 0 Å². The number of aliphatic hydroxyl groups excluding tert-OH is 1. The zero-order chi connectivity index (χ0) is 19.6. The summed E-state index contributed by atoms with van der Waals surface area (Å²) in [6.45, 7) is 10.2. The smallest absolute Gasteiger partial charge is 0.275 e. The molecule has 1 aromatic rings. The van der Waals surface area contributed by atoms with E-state index in [-0.39, 0.29) is 19.1 Å². The molecule has 0 radical (unpaired) electrons. The first-order valence-electron chi connectivity index (χ1n) is 9.45. The molecule has 8 heteroatoms. The highest BCUT2D eigenvalue weighted by molar-refractivity contribution is 5.91. The first-order valence-corrected chi connectivity index (χ1v) is 9.45. The molecule has 1 aromatic heterocycles. The number of piperazine rings is 1. The van der Waals surface area contributed by atoms with Crippen LogP contribution < -0.4 is 0 Å². The molecule has 0 aliphatic carbocycles. The minimum Gasteiger partial charge on any atom is -0.447 e. The Bertz CT molecular complexity index is 615. The van der Waals surface area contributed by atoms with Gasteiger partial charge in [0.1, 0.15) is 12.9 Å². The molecule has 1 saturated heterocycles. The van der Waals surface area contributed by atoms with Crippen LogP contribution in [0, 0.1) is 12.3 Å². The standard InChI is InChI=1S/C19H30N4O4/c1-4-11-26-14-16(24)12-21-7-9-22(10-8-21)13-18-20-17(15-27-18)19(25)23(5-2)6-3/h1,15-16,24H,5-14H2,2-3H3. The molecule has 2 heterocycles. The van der Waals surface area contributed by atoms with Crippen molar-refractivity contribution in [2.75, 3.05) is 59.0 Å². The maximum absolute atomic E-state index is 12.3. The van der Waals surface area contributed by atoms with Crippen molar-refractivity contribution in [1.29, 1.82) is 0 Å². The van der Waals surface area contributed by atoms with E-state index in [2.05, 4.69) is 20.7 Å². The summed E-state index contributed by atoms with van der Waals surface area (Å²) in [5.41, 5.74) is 0.363. The predicted octanol–water partition coefficient (Wildman–Crippen LogP) is 0.285. The fourth-order valence-electron chi connectivity index (χ4n) is 3.08. The third-order valence-electron chi connectivity index (χ3n) is 4.61. The van der Waals surface area contributed by atoms with E-state index in [1.165, 1.54) is 6.26 Å². The maximum atomic E-state index is 12.3. The molecule has 0 aromatic carbocycles. The average Bonchev–Trinajstić information content (AvgIpc) is 3.13. The Kier molecular flexibility index (Phi) is 8.75. The molecule has 27 heavy (non-hydrogen) atoms. The summed E-state index contributed by atoms with van der Waals surface area (Å²) in [6, 6.07) is 0. The Balaban J connectivity index is 1.74. The zero-order valence-electron chi connectivity index (χ0n) is 16.3. The van der Waals surface area contributed by atoms with Gasteiger partial charge >= 0.3 is 0 Å². The molecule has 0 saturated carbocycles. The molecule has 1 fully saturated rings. The second-order valence-electron chi connectivity index (χ2n) is 6.55. The van der Waals surface area contributed by atoms with Crippen LogP contribution in [0.3, 0.4) is 0 Å². The highest BCUT2D eigenvalue weighted by Crippen LogP contribution is 2.11. The lowest BCUT2D eigenvalue weighted by Crippen LogP contribution is -2.48. The van der Waals surface area contributed by atoms with Gasteiger partial charge in [0, 0.05) is 45.8 Å². The largest absolute Gasteiger partial charge is 0.447 e. The van der Waals surface area contributed by atoms with Crippen molar-refractivity contribution in [2.45, 2.75) is 26.5 Å². The number of aliphatic hydroxyl groups is 1. The number of β-amino-alcohol motifs (C(OH)–C–C–N with tert-alkyl or cyclic N) is 1. The first-order chi connectivity index (χ1) is 13.1. The Morgan fingerprint density at radius 3 is 2.67 bits per heavy atom. The van der Waals surface area contributed by atoms with Crippen molar-refractivity contribution in [1.82, 2.24) is 19.7 Å². The monoisotopic (exact) mass is 378 g/mol. The number of rotatable bonds is 10. The Labute approximate surface area is 161 Å². The molecular weight excluding hydrogens is 348 g/mol. The lowest BCUT2D eigenvalue weighted by atomic mass is 10.2. The van der Waals surface area contributed by atoms with Gasteiger partial charge in [0.15, 0.2) is 5.69 Å². The van der Waals surface area contributed by atoms with Crippen LogP contribution in [-0.4, -0.2) is 95.8 Å². The second kappa shape index (κ2) is 11.0. The number of nitrogens with zero attached hydrogens (tertiary/aromatic N) is 4. The summed E-state index contributed by atoms with van der Waals surface area (Å²) in [5.74, 6) is 2.85. The molecule has 8 nitrogen and oxygen atoms in total. The van der Waals surface area contributed by atoms with Crippen molar-refractivity contribution in [3.63, 3.8) is 0 Å². The molecule has 1 amide bonds. The number of amides is 1. The van der Waals surface area contributed by atoms with Gasteiger partial charge in [-0.25, -0.2) is 4.98 Å². The van der Waals surface area contributed by atoms with Crippen molar-refractivity contribution >= 4 is 5.91 Å². The Hall–Kier alpha value is -1.92. The van der Waals surface area contributed by atoms with Crippen molar-refractivity contribution in [3.05, 3.63) is 17.8 Å². The lowest BCUT2D eigenvalue weighted by molar-refractivity contribution is 0.0146. The topological polar surface area (TPSA) is 82.3 Å². The summed E-state index contributed by atoms with van der Waals surface area (Å²) in [5, 5.41) is 9.96. The van der Waals surface area contributed by atoms with Gasteiger partial charge < -0.3 is 19.2 Å². The number of carbonyl (C=O) groups is 1. The van der Waals surface area contributed by atoms with Crippen LogP contribution >= 0.6 is 0 Å². The maximum Gasteiger partial charge on any atom is 0.275 e. The van der Waals surface area contributed by atoms with Crippen molar-refractivity contribution in [3.8, 4) is 12.3 Å². The third-order valence-corrected chi connectivity index (χ3v) is 4.61. The fraction of sp³-hybridized carbons (Fsp3) is 0.684. The summed E-state index contributed by atoms with van der Waals surface area (Å²) >= 11 is 0. The summed E-state index contributed by atoms with van der Waals surface area (Å²) < 4.78 is 10.7. The van der Waals surface area contributed by atoms with Gasteiger partial charge in [-0.2, -0.15) is 0 Å². The van der Waals surface area contributed by atoms with Gasteiger partial charge in [-0.05, 0) is 13.8 Å². The predicted molar refractivity (Wildman–Crippen MR) is 101 cm³/mol. The zero-order valence-corrected chi connectivity index (χ0v) is 16.3. The van der Waals surface area contributed by atoms with Gasteiger partial charge in [0.25, 0.3) is 5.91 Å². The Morgan fingerprint density at radius 2 is 2.04 bits per heavy atom. The summed E-state index contributed by atoms with van der Waals surface area (Å²) in [7, 11) is 0. The number of hydrogen-bond acceptors (Lipinski definition) is 7. The number of aromatic nitrogens is 1. The first kappa shape index (κ1) is 21.4. The minimum absolute atomic E-state index is 0.0964. The highest BCUT2D eigenvalue weighted by atomic mass is 16.5. The molecule has 2 rings (SSSR count). The van der Waals surface area contributed by atoms with E-state index < -0.39 is 6.10 Å². The van der Waals surface area contributed by atoms with E-state index in [9.17, 15) is 9.90 Å². The normalized spacial score (nSPS) is 16.8. The molecule has 1 N–H and O–H groups in total. The van der Waals surface area contributed by atoms with E-state index in [0.29, 0.717) is 37.8 Å². The molecule has 0 spiro atoms. The lowest BCUT2D eigenvalue weighted by Gasteiger charge is -2.34. The number of terminal acetylenes is 1. The molecule has 0 bridgehead atoms. The molecule has 1 aliphatic heterocycles. The van der Waals surface area contributed by atoms with Crippen LogP contribution in [0.15, 0.2) is 10.7 Å². The van der Waals surface area contributed by atoms with E-state index in [4.69, 9.17) is 15.6 Å². The van der Waals surface area contributed by atoms with E-state index in [1.807, 2.05) is 13.8 Å². The van der Waals surface area contributed by atoms with Gasteiger partial charge in [-0.15, -0.1) is 6.42 Å². The molecular formula is C19H30N4O4. The van der Waals surface area contributed by atoms with Crippen LogP contribution in [-0.2, 0) is 11.3 Å². The summed E-state index contributed by atoms with van der Waals surface area (Å²) in [6.07, 6.45) is 6.02. The van der Waals surface area contributed by atoms with E-state index in [1.54, 1.807) is 4.90 Å². The number of ether oxygens (including phenoxy) is 1. The quantitative estimate of drug-likeness (QED) is 0.463. The average molecular weight is 378 g/mol. The highest BCUT2D eigenvalue weighted by Gasteiger charge is 2.22. The van der Waals surface area contributed by atoms with Gasteiger partial charge in [0.2, 0.25) is 5.89 Å². The van der Waals surface area contributed by atoms with Gasteiger partial charge in [-0.1, -0.05) is 5.92 Å². The molecule has 1 unspecified atom stereocenters. The van der Waals surface area contributed by atoms with Crippen LogP contribution in [0.5, 0.6) is 0 Å². The SMILES string of the molecule is C#CCOCC(O)CN1CCN(Cc2nc(C(=O)N(CC)CC)co2)CC1. The van der Waals surface area contributed by atoms with Crippen LogP contribution in [0.4, 0.5) is 0 Å². The van der Waals surface area contributed by atoms with Crippen LogP contribution in [0.1, 0.15) is 30.2 Å². The number of hydrogen-bond donors (Lipinski definition) is 1. The Morgan fingerprint density at radius 1 is 1.37 bits per heavy atom. The molecule has 150 valence electrons. The molecule has 1 atom stereocenters. The van der Waals surface area contributed by atoms with E-state index in [0.717, 1.165) is 26.2 Å². The fourth-order valence-corrected chi connectivity index (χ4v) is 3.08. The minimum atomic E-state index is -0.537. The van der Waals surface area contributed by atoms with Gasteiger partial charge in [-0.3, -0.25) is 14.6 Å². The van der Waals surface area contributed by atoms with E-state index >= 15 is 0 Å². The van der Waals surface area contributed by atoms with Crippen LogP contribution in [0.25, 0.3) is 0 Å². The van der Waals surface area contributed by atoms with Crippen molar-refractivity contribution < 1.29 is 19.1 Å². The molecule has 1 aliphatic rings. The van der Waals surface area contributed by atoms with Crippen LogP contribution in [0.2, 0.25) is 0 Å². The van der Waals surface area contributed by atoms with Gasteiger partial charge in [0.05, 0.1) is 19.3 Å². The number of carbonyl (C=O) groups excluding carboxylic acids is 1. The number of oxazole rings is 1. The third kappa shape index (κ3) is 6.63. The summed E-state index contributed by atoms with van der Waals surface area (Å²) in [4.78, 5) is 22.8.